The van der Waals surface area contributed by atoms with Gasteiger partial charge in [-0.1, -0.05) is 0 Å². The summed E-state index contributed by atoms with van der Waals surface area (Å²) in [5, 5.41) is 11.8. The van der Waals surface area contributed by atoms with Gasteiger partial charge in [-0.3, -0.25) is 4.79 Å². The Hall–Kier alpha value is -1.38. The van der Waals surface area contributed by atoms with Gasteiger partial charge in [-0.25, -0.2) is 4.79 Å². The maximum atomic E-state index is 11.2. The van der Waals surface area contributed by atoms with Crippen molar-refractivity contribution in [2.24, 2.45) is 0 Å². The molecule has 1 amide bonds. The van der Waals surface area contributed by atoms with E-state index in [1.54, 1.807) is 0 Å². The highest BCUT2D eigenvalue weighted by molar-refractivity contribution is 5.73. The molecule has 2 aliphatic rings. The van der Waals surface area contributed by atoms with Gasteiger partial charge in [0.15, 0.2) is 18.5 Å². The maximum absolute atomic E-state index is 11.2. The van der Waals surface area contributed by atoms with E-state index in [-0.39, 0.29) is 12.5 Å². The summed E-state index contributed by atoms with van der Waals surface area (Å²) >= 11 is 0. The lowest BCUT2D eigenvalue weighted by molar-refractivity contribution is -0.241. The van der Waals surface area contributed by atoms with Crippen LogP contribution in [0.3, 0.4) is 0 Å². The Morgan fingerprint density at radius 2 is 2.11 bits per heavy atom. The molecule has 2 rings (SSSR count). The fraction of sp³-hybridized carbons (Fsp3) is 0.800. The zero-order chi connectivity index (χ0) is 13.3. The summed E-state index contributed by atoms with van der Waals surface area (Å²) in [5.74, 6) is -0.310. The Morgan fingerprint density at radius 1 is 1.44 bits per heavy atom. The van der Waals surface area contributed by atoms with Crippen molar-refractivity contribution in [2.75, 3.05) is 13.7 Å². The molecule has 0 aromatic carbocycles. The van der Waals surface area contributed by atoms with Crippen LogP contribution in [0.5, 0.6) is 0 Å². The number of fused-ring (bicyclic) bond motifs is 1. The second kappa shape index (κ2) is 5.09. The Balaban J connectivity index is 2.21. The van der Waals surface area contributed by atoms with Crippen LogP contribution in [0.25, 0.3) is 0 Å². The third-order valence-corrected chi connectivity index (χ3v) is 2.89. The van der Waals surface area contributed by atoms with Crippen molar-refractivity contribution in [3.63, 3.8) is 0 Å². The van der Waals surface area contributed by atoms with Crippen LogP contribution in [0.15, 0.2) is 0 Å². The van der Waals surface area contributed by atoms with Crippen LogP contribution in [-0.2, 0) is 23.7 Å². The third-order valence-electron chi connectivity index (χ3n) is 2.89. The van der Waals surface area contributed by atoms with Crippen molar-refractivity contribution >= 4 is 12.1 Å². The van der Waals surface area contributed by atoms with Gasteiger partial charge in [-0.05, 0) is 0 Å². The van der Waals surface area contributed by atoms with Crippen LogP contribution >= 0.6 is 0 Å². The molecule has 0 aromatic rings. The van der Waals surface area contributed by atoms with Gasteiger partial charge in [0.2, 0.25) is 5.91 Å². The Kier molecular flexibility index (Phi) is 3.69. The minimum absolute atomic E-state index is 0.310. The molecule has 5 atom stereocenters. The molecule has 8 nitrogen and oxygen atoms in total. The fourth-order valence-electron chi connectivity index (χ4n) is 2.17. The van der Waals surface area contributed by atoms with Gasteiger partial charge in [0.1, 0.15) is 12.1 Å². The molecule has 0 aliphatic carbocycles. The van der Waals surface area contributed by atoms with Crippen molar-refractivity contribution < 1.29 is 33.6 Å². The molecule has 2 aliphatic heterocycles. The molecule has 2 heterocycles. The van der Waals surface area contributed by atoms with E-state index < -0.39 is 36.8 Å². The highest BCUT2D eigenvalue weighted by atomic mass is 16.8. The normalized spacial score (nSPS) is 38.6. The minimum Gasteiger partial charge on any atom is -0.424 e. The van der Waals surface area contributed by atoms with Gasteiger partial charge in [-0.15, -0.1) is 0 Å². The van der Waals surface area contributed by atoms with Gasteiger partial charge in [0, 0.05) is 14.0 Å². The molecule has 0 spiro atoms. The number of ether oxygens (including phenoxy) is 4. The third kappa shape index (κ3) is 2.26. The predicted molar refractivity (Wildman–Crippen MR) is 55.5 cm³/mol. The van der Waals surface area contributed by atoms with Crippen LogP contribution < -0.4 is 5.32 Å². The predicted octanol–water partition coefficient (Wildman–Crippen LogP) is -1.24. The number of nitrogens with one attached hydrogen (secondary N) is 1. The number of methoxy groups -OCH3 is 1. The highest BCUT2D eigenvalue weighted by Crippen LogP contribution is 2.30. The van der Waals surface area contributed by atoms with E-state index >= 15 is 0 Å². The fourth-order valence-corrected chi connectivity index (χ4v) is 2.17. The van der Waals surface area contributed by atoms with Crippen LogP contribution in [0.1, 0.15) is 6.92 Å². The summed E-state index contributed by atoms with van der Waals surface area (Å²) in [6.07, 6.45) is -3.90. The van der Waals surface area contributed by atoms with Crippen molar-refractivity contribution in [3.8, 4) is 0 Å². The number of amides is 1. The summed E-state index contributed by atoms with van der Waals surface area (Å²) in [4.78, 5) is 22.3. The Bertz CT molecular complexity index is 347. The van der Waals surface area contributed by atoms with E-state index in [9.17, 15) is 14.7 Å². The monoisotopic (exact) mass is 261 g/mol. The first-order chi connectivity index (χ1) is 8.56. The Morgan fingerprint density at radius 3 is 2.67 bits per heavy atom. The molecule has 2 saturated heterocycles. The van der Waals surface area contributed by atoms with Gasteiger partial charge in [0.05, 0.1) is 6.61 Å². The molecule has 8 heteroatoms. The van der Waals surface area contributed by atoms with Gasteiger partial charge < -0.3 is 29.4 Å². The van der Waals surface area contributed by atoms with E-state index in [1.807, 2.05) is 0 Å². The topological polar surface area (TPSA) is 103 Å². The Labute approximate surface area is 103 Å². The summed E-state index contributed by atoms with van der Waals surface area (Å²) in [7, 11) is 1.39. The second-order valence-electron chi connectivity index (χ2n) is 4.10. The molecular formula is C10H15NO7. The minimum atomic E-state index is -0.848. The highest BCUT2D eigenvalue weighted by Gasteiger charge is 2.54. The number of rotatable bonds is 3. The molecule has 2 N–H and O–H groups in total. The van der Waals surface area contributed by atoms with Gasteiger partial charge in [0.25, 0.3) is 0 Å². The van der Waals surface area contributed by atoms with Crippen molar-refractivity contribution in [2.45, 2.75) is 37.6 Å². The van der Waals surface area contributed by atoms with E-state index in [2.05, 4.69) is 5.32 Å². The zero-order valence-corrected chi connectivity index (χ0v) is 9.99. The smallest absolute Gasteiger partial charge is 0.424 e. The maximum Gasteiger partial charge on any atom is 0.509 e. The summed E-state index contributed by atoms with van der Waals surface area (Å²) in [6.45, 7) is 0.988. The van der Waals surface area contributed by atoms with Crippen molar-refractivity contribution in [1.82, 2.24) is 5.32 Å². The molecule has 18 heavy (non-hydrogen) atoms. The first-order valence-electron chi connectivity index (χ1n) is 5.50. The molecule has 0 saturated carbocycles. The lowest BCUT2D eigenvalue weighted by atomic mass is 9.97. The SMILES string of the molecule is CO[C@@H]1O[C@H](CO)[C@@H]2OC(=O)O[C@@H]2C1NC(C)=O. The largest absolute Gasteiger partial charge is 0.509 e. The molecule has 1 unspecified atom stereocenters. The molecule has 0 radical (unpaired) electrons. The zero-order valence-electron chi connectivity index (χ0n) is 9.99. The summed E-state index contributed by atoms with van der Waals surface area (Å²) < 4.78 is 20.4. The van der Waals surface area contributed by atoms with Crippen LogP contribution in [0, 0.1) is 0 Å². The van der Waals surface area contributed by atoms with Crippen molar-refractivity contribution in [1.29, 1.82) is 0 Å². The number of aliphatic hydroxyl groups is 1. The van der Waals surface area contributed by atoms with E-state index in [0.29, 0.717) is 0 Å². The second-order valence-corrected chi connectivity index (χ2v) is 4.10. The molecule has 102 valence electrons. The summed E-state index contributed by atoms with van der Waals surface area (Å²) in [6, 6.07) is -0.674. The number of carbonyl (C=O) groups is 2. The van der Waals surface area contributed by atoms with Gasteiger partial charge >= 0.3 is 6.16 Å². The first kappa shape index (κ1) is 13.1. The quantitative estimate of drug-likeness (QED) is 0.612. The van der Waals surface area contributed by atoms with E-state index in [4.69, 9.17) is 18.9 Å². The number of aliphatic hydroxyl groups excluding tert-OH is 1. The van der Waals surface area contributed by atoms with E-state index in [0.717, 1.165) is 0 Å². The first-order valence-corrected chi connectivity index (χ1v) is 5.50. The number of hydrogen-bond acceptors (Lipinski definition) is 7. The molecular weight excluding hydrogens is 246 g/mol. The molecule has 0 aromatic heterocycles. The van der Waals surface area contributed by atoms with E-state index in [1.165, 1.54) is 14.0 Å². The number of hydrogen-bond donors (Lipinski definition) is 2. The summed E-state index contributed by atoms with van der Waals surface area (Å²) in [5.41, 5.74) is 0. The lowest BCUT2D eigenvalue weighted by Gasteiger charge is -2.39. The molecule has 0 bridgehead atoms. The van der Waals surface area contributed by atoms with Crippen LogP contribution in [0.2, 0.25) is 0 Å². The number of carbonyl (C=O) groups excluding carboxylic acids is 2. The average molecular weight is 261 g/mol. The van der Waals surface area contributed by atoms with Gasteiger partial charge in [-0.2, -0.15) is 0 Å². The average Bonchev–Trinajstić information content (AvgIpc) is 2.70. The lowest BCUT2D eigenvalue weighted by Crippen LogP contribution is -2.63. The standard InChI is InChI=1S/C10H15NO7/c1-4(13)11-6-8-7(17-10(14)18-8)5(3-12)16-9(6)15-2/h5-9,12H,3H2,1-2H3,(H,11,13)/t5-,6?,7+,8-,9-/m1/s1. The van der Waals surface area contributed by atoms with Crippen LogP contribution in [-0.4, -0.2) is 61.5 Å². The van der Waals surface area contributed by atoms with Crippen LogP contribution in [0.4, 0.5) is 4.79 Å². The molecule has 2 fully saturated rings. The van der Waals surface area contributed by atoms with Crippen molar-refractivity contribution in [3.05, 3.63) is 0 Å².